The van der Waals surface area contributed by atoms with Gasteiger partial charge in [-0.2, -0.15) is 0 Å². The fourth-order valence-corrected chi connectivity index (χ4v) is 9.91. The predicted octanol–water partition coefficient (Wildman–Crippen LogP) is 7.66. The number of rotatable bonds is 24. The molecule has 0 saturated heterocycles. The molecule has 0 aromatic heterocycles. The number of carbonyl (C=O) groups is 6. The van der Waals surface area contributed by atoms with Gasteiger partial charge in [-0.1, -0.05) is 51.0 Å². The molecule has 406 valence electrons. The van der Waals surface area contributed by atoms with Gasteiger partial charge in [0.1, 0.15) is 5.75 Å². The van der Waals surface area contributed by atoms with E-state index in [-0.39, 0.29) is 73.2 Å². The van der Waals surface area contributed by atoms with E-state index in [0.717, 1.165) is 53.7 Å². The van der Waals surface area contributed by atoms with Crippen LogP contribution >= 0.6 is 0 Å². The molecule has 3 atom stereocenters. The third-order valence-electron chi connectivity index (χ3n) is 14.2. The Morgan fingerprint density at radius 3 is 1.68 bits per heavy atom. The van der Waals surface area contributed by atoms with Crippen LogP contribution in [0.3, 0.4) is 0 Å². The van der Waals surface area contributed by atoms with E-state index in [1.807, 2.05) is 62.6 Å². The van der Waals surface area contributed by atoms with Gasteiger partial charge in [0.15, 0.2) is 23.0 Å². The molecular weight excluding hydrogens is 997 g/mol. The van der Waals surface area contributed by atoms with Crippen molar-refractivity contribution < 1.29 is 52.5 Å². The van der Waals surface area contributed by atoms with Crippen LogP contribution in [0.2, 0.25) is 0 Å². The Bertz CT molecular complexity index is 3090. The third-order valence-corrected chi connectivity index (χ3v) is 14.2. The Morgan fingerprint density at radius 1 is 0.641 bits per heavy atom. The Balaban J connectivity index is 0.727. The van der Waals surface area contributed by atoms with Crippen LogP contribution in [-0.4, -0.2) is 135 Å². The number of aliphatic imine (C=N–C) groups is 2. The number of methoxy groups -OCH3 is 3. The van der Waals surface area contributed by atoms with Crippen LogP contribution in [0, 0.1) is 5.92 Å². The molecule has 5 heterocycles. The maximum absolute atomic E-state index is 14.1. The molecule has 4 aromatic rings. The quantitative estimate of drug-likeness (QED) is 0.0455. The van der Waals surface area contributed by atoms with Gasteiger partial charge in [0.25, 0.3) is 23.6 Å². The van der Waals surface area contributed by atoms with Crippen molar-refractivity contribution in [3.8, 4) is 28.7 Å². The van der Waals surface area contributed by atoms with Gasteiger partial charge >= 0.3 is 0 Å². The van der Waals surface area contributed by atoms with Gasteiger partial charge in [0.2, 0.25) is 11.8 Å². The molecule has 4 aromatic carbocycles. The summed E-state index contributed by atoms with van der Waals surface area (Å²) in [5, 5.41) is 8.90. The molecule has 78 heavy (non-hydrogen) atoms. The molecule has 19 heteroatoms. The van der Waals surface area contributed by atoms with Crippen molar-refractivity contribution in [2.75, 3.05) is 59.5 Å². The predicted molar refractivity (Wildman–Crippen MR) is 295 cm³/mol. The van der Waals surface area contributed by atoms with Crippen LogP contribution in [0.15, 0.2) is 107 Å². The van der Waals surface area contributed by atoms with Gasteiger partial charge in [-0.15, -0.1) is 0 Å². The summed E-state index contributed by atoms with van der Waals surface area (Å²) in [5.41, 5.74) is 6.12. The highest BCUT2D eigenvalue weighted by Crippen LogP contribution is 2.42. The van der Waals surface area contributed by atoms with Crippen LogP contribution < -0.4 is 39.6 Å². The number of hydrogen-bond donors (Lipinski definition) is 3. The highest BCUT2D eigenvalue weighted by molar-refractivity contribution is 6.13. The lowest BCUT2D eigenvalue weighted by molar-refractivity contribution is -0.136. The first kappa shape index (κ1) is 54.2. The van der Waals surface area contributed by atoms with Gasteiger partial charge < -0.3 is 49.4 Å². The summed E-state index contributed by atoms with van der Waals surface area (Å²) in [5.74, 6) is 0.812. The Labute approximate surface area is 453 Å². The fourth-order valence-electron chi connectivity index (χ4n) is 9.91. The van der Waals surface area contributed by atoms with Crippen molar-refractivity contribution in [2.45, 2.75) is 76.9 Å². The number of fused-ring (bicyclic) bond motifs is 4. The second kappa shape index (κ2) is 24.6. The normalized spacial score (nSPS) is 17.4. The summed E-state index contributed by atoms with van der Waals surface area (Å²) in [7, 11) is 4.67. The second-order valence-electron chi connectivity index (χ2n) is 19.7. The van der Waals surface area contributed by atoms with E-state index in [1.165, 1.54) is 31.3 Å². The Kier molecular flexibility index (Phi) is 17.1. The number of hydrogen-bond acceptors (Lipinski definition) is 14. The van der Waals surface area contributed by atoms with Crippen molar-refractivity contribution in [2.24, 2.45) is 15.9 Å². The zero-order valence-corrected chi connectivity index (χ0v) is 44.4. The minimum absolute atomic E-state index is 0.0112. The molecule has 5 aliphatic rings. The molecule has 9 rings (SSSR count). The number of unbranched alkanes of at least 4 members (excludes halogenated alkanes) is 3. The van der Waals surface area contributed by atoms with Crippen molar-refractivity contribution in [1.29, 1.82) is 0 Å². The van der Waals surface area contributed by atoms with Gasteiger partial charge in [-0.25, -0.2) is 0 Å². The first-order chi connectivity index (χ1) is 37.8. The summed E-state index contributed by atoms with van der Waals surface area (Å²) in [4.78, 5) is 91.4. The molecule has 0 radical (unpaired) electrons. The number of nitrogens with one attached hydrogen (secondary N) is 3. The standard InChI is InChI=1S/C59H64N8O11/c1-36(2)56(60-21-8-6-7-9-22-65-54(69)19-20-55(65)70)57(71)63-33-53(68)64-41-15-11-37(12-16-41)39-25-42-31-61-47-29-51(49(75-4)27-45(47)58(72)66(42)34-39)77-23-10-24-78-52-30-48-46(28-50(52)76-5)59(73)67-35-40(26-43(67)32-62-48)38-13-17-44(74-3)18-14-38/h11-20,27-32,34-36,42-43,56,60H,6-10,21-26,33H2,1-5H3,(H,63,71)(H,64,68)/t42?,43-,56?/m0/s1. The van der Waals surface area contributed by atoms with Gasteiger partial charge in [-0.05, 0) is 84.0 Å². The molecule has 0 saturated carbocycles. The van der Waals surface area contributed by atoms with Crippen molar-refractivity contribution >= 4 is 76.1 Å². The largest absolute Gasteiger partial charge is 0.497 e. The molecular formula is C59H64N8O11. The maximum atomic E-state index is 14.1. The number of benzene rings is 4. The average Bonchev–Trinajstić information content (AvgIpc) is 4.14. The lowest BCUT2D eigenvalue weighted by Gasteiger charge is -2.21. The number of nitrogens with zero attached hydrogens (tertiary/aromatic N) is 5. The van der Waals surface area contributed by atoms with E-state index in [4.69, 9.17) is 33.7 Å². The van der Waals surface area contributed by atoms with Crippen LogP contribution in [0.5, 0.6) is 28.7 Å². The van der Waals surface area contributed by atoms with Gasteiger partial charge in [0, 0.05) is 80.6 Å². The first-order valence-electron chi connectivity index (χ1n) is 26.3. The lowest BCUT2D eigenvalue weighted by Crippen LogP contribution is -2.49. The monoisotopic (exact) mass is 1060 g/mol. The van der Waals surface area contributed by atoms with E-state index in [9.17, 15) is 28.8 Å². The molecule has 0 fully saturated rings. The summed E-state index contributed by atoms with van der Waals surface area (Å²) >= 11 is 0. The minimum Gasteiger partial charge on any atom is -0.497 e. The van der Waals surface area contributed by atoms with Crippen LogP contribution in [0.25, 0.3) is 11.1 Å². The zero-order chi connectivity index (χ0) is 54.9. The molecule has 2 unspecified atom stereocenters. The van der Waals surface area contributed by atoms with E-state index in [1.54, 1.807) is 65.7 Å². The maximum Gasteiger partial charge on any atom is 0.260 e. The summed E-state index contributed by atoms with van der Waals surface area (Å²) in [6, 6.07) is 20.8. The summed E-state index contributed by atoms with van der Waals surface area (Å²) in [6.45, 7) is 5.21. The van der Waals surface area contributed by atoms with E-state index in [2.05, 4.69) is 16.0 Å². The number of carbonyl (C=O) groups excluding carboxylic acids is 6. The highest BCUT2D eigenvalue weighted by atomic mass is 16.5. The zero-order valence-electron chi connectivity index (χ0n) is 44.4. The van der Waals surface area contributed by atoms with Crippen molar-refractivity contribution in [3.63, 3.8) is 0 Å². The Hall–Kier alpha value is -8.58. The Morgan fingerprint density at radius 2 is 1.17 bits per heavy atom. The molecule has 6 amide bonds. The van der Waals surface area contributed by atoms with Gasteiger partial charge in [-0.3, -0.25) is 43.7 Å². The highest BCUT2D eigenvalue weighted by Gasteiger charge is 2.35. The topological polar surface area (TPSA) is 219 Å². The molecule has 0 spiro atoms. The second-order valence-corrected chi connectivity index (χ2v) is 19.7. The summed E-state index contributed by atoms with van der Waals surface area (Å²) in [6.07, 6.45) is 14.7. The van der Waals surface area contributed by atoms with E-state index >= 15 is 0 Å². The number of imide groups is 1. The lowest BCUT2D eigenvalue weighted by atomic mass is 10.0. The smallest absolute Gasteiger partial charge is 0.260 e. The number of anilines is 1. The van der Waals surface area contributed by atoms with Crippen LogP contribution in [0.4, 0.5) is 17.1 Å². The van der Waals surface area contributed by atoms with Crippen LogP contribution in [-0.2, 0) is 19.2 Å². The molecule has 19 nitrogen and oxygen atoms in total. The summed E-state index contributed by atoms with van der Waals surface area (Å²) < 4.78 is 29.0. The molecule has 0 bridgehead atoms. The number of amides is 6. The first-order valence-corrected chi connectivity index (χ1v) is 26.3. The van der Waals surface area contributed by atoms with E-state index < -0.39 is 6.04 Å². The fraction of sp³-hybridized carbons (Fsp3) is 0.356. The minimum atomic E-state index is -0.481. The van der Waals surface area contributed by atoms with Gasteiger partial charge in [0.05, 0.1) is 81.7 Å². The molecule has 0 aliphatic carbocycles. The average molecular weight is 1060 g/mol. The molecule has 3 N–H and O–H groups in total. The third kappa shape index (κ3) is 12.3. The molecule has 5 aliphatic heterocycles. The van der Waals surface area contributed by atoms with E-state index in [0.29, 0.717) is 83.5 Å². The number of ether oxygens (including phenoxy) is 5. The van der Waals surface area contributed by atoms with Crippen LogP contribution in [0.1, 0.15) is 90.6 Å². The van der Waals surface area contributed by atoms with Crippen molar-refractivity contribution in [1.82, 2.24) is 25.3 Å². The SMILES string of the molecule is COc1ccc(C2=CN3C(=O)c4cc(OC)c(OCCCOc5cc6c(cc5OC)C(=O)N5C=C(c7ccc(NC(=O)CNC(=O)C(NCCCCCCN8C(=O)C=CC8=O)C(C)C)cc7)CC5C=N6)cc4N=C[C@@H]3C2)cc1. The van der Waals surface area contributed by atoms with Crippen molar-refractivity contribution in [3.05, 3.63) is 120 Å².